The molecule has 0 radical (unpaired) electrons. The molecule has 8 heteroatoms. The van der Waals surface area contributed by atoms with Crippen LogP contribution in [0.2, 0.25) is 0 Å². The van der Waals surface area contributed by atoms with Gasteiger partial charge in [-0.15, -0.1) is 0 Å². The van der Waals surface area contributed by atoms with E-state index in [4.69, 9.17) is 14.2 Å². The molecule has 3 aromatic carbocycles. The topological polar surface area (TPSA) is 90.9 Å². The molecule has 5 rings (SSSR count). The summed E-state index contributed by atoms with van der Waals surface area (Å²) in [6.45, 7) is 0.205. The van der Waals surface area contributed by atoms with Crippen LogP contribution in [0, 0.1) is 0 Å². The summed E-state index contributed by atoms with van der Waals surface area (Å²) in [7, 11) is -0.556. The van der Waals surface area contributed by atoms with Gasteiger partial charge in [0.1, 0.15) is 11.5 Å². The number of Topliss-reactive ketones (excluding diaryl/α,β-unsaturated/α-hetero) is 1. The standard InChI is InChI=1S/C26H25NO6S.H2/c1-27-34(29,30)20-7-4-18(5-8-20)21-13-17(3-9-22(21)31-2)14-25(28)26(11-12-26)19-6-10-23-24(15-19)33-16-32-23;/h3-10,13,15,27H,11-12,14,16H2,1-2H3;1H. The number of ketones is 1. The minimum Gasteiger partial charge on any atom is -0.496 e. The molecular weight excluding hydrogens is 454 g/mol. The van der Waals surface area contributed by atoms with Crippen LogP contribution in [0.4, 0.5) is 0 Å². The van der Waals surface area contributed by atoms with E-state index in [0.717, 1.165) is 35.1 Å². The van der Waals surface area contributed by atoms with Gasteiger partial charge in [0.15, 0.2) is 11.5 Å². The van der Waals surface area contributed by atoms with Crippen molar-refractivity contribution in [3.05, 3.63) is 71.8 Å². The normalized spacial score (nSPS) is 15.7. The highest BCUT2D eigenvalue weighted by Gasteiger charge is 2.50. The van der Waals surface area contributed by atoms with Crippen LogP contribution in [0.5, 0.6) is 17.2 Å². The third kappa shape index (κ3) is 3.93. The third-order valence-electron chi connectivity index (χ3n) is 6.58. The molecule has 1 aliphatic heterocycles. The van der Waals surface area contributed by atoms with Crippen molar-refractivity contribution in [1.82, 2.24) is 4.72 Å². The summed E-state index contributed by atoms with van der Waals surface area (Å²) in [6.07, 6.45) is 1.92. The van der Waals surface area contributed by atoms with Gasteiger partial charge in [0, 0.05) is 13.4 Å². The number of nitrogens with one attached hydrogen (secondary N) is 1. The van der Waals surface area contributed by atoms with Crippen LogP contribution in [0.15, 0.2) is 65.6 Å². The fourth-order valence-corrected chi connectivity index (χ4v) is 5.15. The van der Waals surface area contributed by atoms with Crippen LogP contribution >= 0.6 is 0 Å². The lowest BCUT2D eigenvalue weighted by molar-refractivity contribution is -0.120. The molecular formula is C26H27NO6S. The van der Waals surface area contributed by atoms with Crippen LogP contribution in [0.1, 0.15) is 25.4 Å². The molecule has 0 atom stereocenters. The molecule has 0 saturated heterocycles. The molecule has 2 aliphatic rings. The lowest BCUT2D eigenvalue weighted by Crippen LogP contribution is -2.22. The van der Waals surface area contributed by atoms with E-state index in [2.05, 4.69) is 4.72 Å². The molecule has 1 saturated carbocycles. The number of ether oxygens (including phenoxy) is 3. The van der Waals surface area contributed by atoms with Crippen molar-refractivity contribution in [2.75, 3.05) is 21.0 Å². The smallest absolute Gasteiger partial charge is 0.240 e. The van der Waals surface area contributed by atoms with Gasteiger partial charge in [-0.2, -0.15) is 0 Å². The first-order valence-corrected chi connectivity index (χ1v) is 12.5. The van der Waals surface area contributed by atoms with Crippen LogP contribution < -0.4 is 18.9 Å². The van der Waals surface area contributed by atoms with E-state index in [0.29, 0.717) is 17.2 Å². The molecule has 0 unspecified atom stereocenters. The van der Waals surface area contributed by atoms with Crippen LogP contribution in [-0.4, -0.2) is 35.2 Å². The van der Waals surface area contributed by atoms with E-state index in [1.165, 1.54) is 7.05 Å². The molecule has 1 aliphatic carbocycles. The van der Waals surface area contributed by atoms with Crippen molar-refractivity contribution in [1.29, 1.82) is 0 Å². The molecule has 1 fully saturated rings. The predicted molar refractivity (Wildman–Crippen MR) is 129 cm³/mol. The van der Waals surface area contributed by atoms with Gasteiger partial charge in [0.25, 0.3) is 0 Å². The Hall–Kier alpha value is -3.36. The quantitative estimate of drug-likeness (QED) is 0.521. The highest BCUT2D eigenvalue weighted by molar-refractivity contribution is 7.89. The number of benzene rings is 3. The Balaban J connectivity index is 0.00000289. The Morgan fingerprint density at radius 1 is 1.03 bits per heavy atom. The lowest BCUT2D eigenvalue weighted by Gasteiger charge is -2.16. The molecule has 1 N–H and O–H groups in total. The molecule has 0 spiro atoms. The van der Waals surface area contributed by atoms with Crippen LogP contribution in [0.3, 0.4) is 0 Å². The monoisotopic (exact) mass is 481 g/mol. The summed E-state index contributed by atoms with van der Waals surface area (Å²) in [5, 5.41) is 0. The fraction of sp³-hybridized carbons (Fsp3) is 0.269. The number of fused-ring (bicyclic) bond motifs is 1. The number of carbonyl (C=O) groups is 1. The maximum atomic E-state index is 13.4. The predicted octanol–water partition coefficient (Wildman–Crippen LogP) is 4.09. The molecule has 7 nitrogen and oxygen atoms in total. The highest BCUT2D eigenvalue weighted by Crippen LogP contribution is 2.51. The number of carbonyl (C=O) groups excluding carboxylic acids is 1. The zero-order valence-corrected chi connectivity index (χ0v) is 19.8. The van der Waals surface area contributed by atoms with E-state index in [-0.39, 0.29) is 25.3 Å². The number of hydrogen-bond donors (Lipinski definition) is 1. The Kier molecular flexibility index (Phi) is 5.58. The molecule has 1 heterocycles. The Bertz CT molecular complexity index is 1370. The zero-order valence-electron chi connectivity index (χ0n) is 19.0. The maximum absolute atomic E-state index is 13.4. The van der Waals surface area contributed by atoms with E-state index >= 15 is 0 Å². The lowest BCUT2D eigenvalue weighted by atomic mass is 9.87. The zero-order chi connectivity index (χ0) is 23.9. The number of hydrogen-bond acceptors (Lipinski definition) is 6. The molecule has 0 amide bonds. The SMILES string of the molecule is CNS(=O)(=O)c1ccc(-c2cc(CC(=O)C3(c4ccc5c(c4)OCO5)CC3)ccc2OC)cc1.[HH]. The van der Waals surface area contributed by atoms with Gasteiger partial charge in [-0.1, -0.05) is 24.3 Å². The maximum Gasteiger partial charge on any atom is 0.240 e. The molecule has 178 valence electrons. The van der Waals surface area contributed by atoms with Crippen molar-refractivity contribution >= 4 is 15.8 Å². The number of sulfonamides is 1. The van der Waals surface area contributed by atoms with E-state index < -0.39 is 15.4 Å². The second-order valence-electron chi connectivity index (χ2n) is 8.52. The van der Waals surface area contributed by atoms with Crippen molar-refractivity contribution in [3.63, 3.8) is 0 Å². The largest absolute Gasteiger partial charge is 0.496 e. The van der Waals surface area contributed by atoms with Crippen molar-refractivity contribution in [3.8, 4) is 28.4 Å². The van der Waals surface area contributed by atoms with E-state index in [9.17, 15) is 13.2 Å². The van der Waals surface area contributed by atoms with Crippen molar-refractivity contribution in [2.45, 2.75) is 29.6 Å². The minimum absolute atomic E-state index is 0. The fourth-order valence-electron chi connectivity index (χ4n) is 4.42. The minimum atomic E-state index is -3.52. The van der Waals surface area contributed by atoms with Crippen molar-refractivity contribution < 1.29 is 28.8 Å². The Morgan fingerprint density at radius 2 is 1.76 bits per heavy atom. The molecule has 0 aromatic heterocycles. The molecule has 34 heavy (non-hydrogen) atoms. The number of methoxy groups -OCH3 is 1. The van der Waals surface area contributed by atoms with E-state index in [1.54, 1.807) is 31.4 Å². The second-order valence-corrected chi connectivity index (χ2v) is 10.4. The van der Waals surface area contributed by atoms with Gasteiger partial charge < -0.3 is 14.2 Å². The number of rotatable bonds is 8. The Labute approximate surface area is 200 Å². The van der Waals surface area contributed by atoms with Crippen LogP contribution in [0.25, 0.3) is 11.1 Å². The van der Waals surface area contributed by atoms with Gasteiger partial charge in [-0.3, -0.25) is 4.79 Å². The van der Waals surface area contributed by atoms with Gasteiger partial charge in [0.2, 0.25) is 16.8 Å². The molecule has 3 aromatic rings. The summed E-state index contributed by atoms with van der Waals surface area (Å²) in [5.41, 5.74) is 2.97. The first kappa shape index (κ1) is 22.4. The summed E-state index contributed by atoms with van der Waals surface area (Å²) >= 11 is 0. The summed E-state index contributed by atoms with van der Waals surface area (Å²) in [5.74, 6) is 2.21. The average molecular weight is 482 g/mol. The summed E-state index contributed by atoms with van der Waals surface area (Å²) in [6, 6.07) is 18.0. The first-order chi connectivity index (χ1) is 16.4. The average Bonchev–Trinajstić information content (AvgIpc) is 3.55. The van der Waals surface area contributed by atoms with Gasteiger partial charge in [-0.25, -0.2) is 13.1 Å². The van der Waals surface area contributed by atoms with Gasteiger partial charge >= 0.3 is 0 Å². The summed E-state index contributed by atoms with van der Waals surface area (Å²) < 4.78 is 42.8. The highest BCUT2D eigenvalue weighted by atomic mass is 32.2. The Morgan fingerprint density at radius 3 is 2.44 bits per heavy atom. The second kappa shape index (κ2) is 8.45. The summed E-state index contributed by atoms with van der Waals surface area (Å²) in [4.78, 5) is 13.6. The van der Waals surface area contributed by atoms with Crippen LogP contribution in [-0.2, 0) is 26.7 Å². The van der Waals surface area contributed by atoms with Gasteiger partial charge in [0.05, 0.1) is 17.4 Å². The molecule has 0 bridgehead atoms. The van der Waals surface area contributed by atoms with Crippen molar-refractivity contribution in [2.24, 2.45) is 0 Å². The third-order valence-corrected chi connectivity index (χ3v) is 8.01. The first-order valence-electron chi connectivity index (χ1n) is 11.0. The van der Waals surface area contributed by atoms with E-state index in [1.807, 2.05) is 36.4 Å². The van der Waals surface area contributed by atoms with Gasteiger partial charge in [-0.05, 0) is 73.0 Å².